The number of carbonyl (C=O) groups excluding carboxylic acids is 2. The highest BCUT2D eigenvalue weighted by Gasteiger charge is 2.33. The molecular weight excluding hydrogens is 298 g/mol. The molecule has 0 fully saturated rings. The van der Waals surface area contributed by atoms with Gasteiger partial charge in [-0.1, -0.05) is 0 Å². The smallest absolute Gasteiger partial charge is 0.294 e. The summed E-state index contributed by atoms with van der Waals surface area (Å²) in [4.78, 5) is 23.4. The van der Waals surface area contributed by atoms with Crippen LogP contribution in [0.2, 0.25) is 0 Å². The van der Waals surface area contributed by atoms with Gasteiger partial charge in [-0.2, -0.15) is 8.42 Å². The minimum atomic E-state index is -4.57. The van der Waals surface area contributed by atoms with Crippen LogP contribution in [0.15, 0.2) is 11.0 Å². The number of fused-ring (bicyclic) bond motifs is 2. The number of hydrogen-bond acceptors (Lipinski definition) is 6. The third-order valence-electron chi connectivity index (χ3n) is 3.27. The van der Waals surface area contributed by atoms with E-state index in [4.69, 9.17) is 11.5 Å². The Hall–Kier alpha value is -1.81. The van der Waals surface area contributed by atoms with E-state index in [9.17, 15) is 22.6 Å². The van der Waals surface area contributed by atoms with Crippen molar-refractivity contribution in [3.63, 3.8) is 0 Å². The zero-order valence-electron chi connectivity index (χ0n) is 11.0. The van der Waals surface area contributed by atoms with E-state index in [1.807, 2.05) is 0 Å². The van der Waals surface area contributed by atoms with Crippen molar-refractivity contribution < 1.29 is 22.6 Å². The van der Waals surface area contributed by atoms with Gasteiger partial charge in [0.1, 0.15) is 0 Å². The first kappa shape index (κ1) is 15.6. The second-order valence-electron chi connectivity index (χ2n) is 4.59. The predicted molar refractivity (Wildman–Crippen MR) is 73.6 cm³/mol. The molecule has 9 heteroatoms. The summed E-state index contributed by atoms with van der Waals surface area (Å²) in [5, 5.41) is 2.13. The zero-order chi connectivity index (χ0) is 15.8. The molecule has 0 spiro atoms. The monoisotopic (exact) mass is 313 g/mol. The second-order valence-corrected chi connectivity index (χ2v) is 5.98. The van der Waals surface area contributed by atoms with Gasteiger partial charge in [0, 0.05) is 11.1 Å². The molecule has 1 aliphatic heterocycles. The fourth-order valence-electron chi connectivity index (χ4n) is 2.48. The van der Waals surface area contributed by atoms with Crippen LogP contribution in [-0.4, -0.2) is 37.9 Å². The van der Waals surface area contributed by atoms with Crippen LogP contribution in [0.4, 0.5) is 0 Å². The van der Waals surface area contributed by atoms with Crippen LogP contribution in [0.25, 0.3) is 0 Å². The van der Waals surface area contributed by atoms with E-state index in [1.165, 1.54) is 0 Å². The lowest BCUT2D eigenvalue weighted by molar-refractivity contribution is 0.0837. The lowest BCUT2D eigenvalue weighted by Crippen LogP contribution is -2.39. The second kappa shape index (κ2) is 5.53. The summed E-state index contributed by atoms with van der Waals surface area (Å²) in [6.07, 6.45) is 0.317. The summed E-state index contributed by atoms with van der Waals surface area (Å²) < 4.78 is 32.3. The molecule has 0 atom stereocenters. The molecule has 1 heterocycles. The Balaban J connectivity index is 2.88. The first-order valence-electron chi connectivity index (χ1n) is 6.23. The standard InChI is InChI=1S/C12H15N3O5S/c13-3-1-6-8-5-9(21(18,19)20)7(2-4-14)10(6)12(17)15-11(8)16/h5H,1-4,13-14H2,(H,15,16,17)(H,18,19,20). The minimum absolute atomic E-state index is 0.0310. The van der Waals surface area contributed by atoms with Gasteiger partial charge in [0.2, 0.25) is 0 Å². The molecule has 21 heavy (non-hydrogen) atoms. The molecule has 2 rings (SSSR count). The summed E-state index contributed by atoms with van der Waals surface area (Å²) in [5.74, 6) is -1.41. The molecule has 8 nitrogen and oxygen atoms in total. The summed E-state index contributed by atoms with van der Waals surface area (Å²) in [6.45, 7) is 0.270. The van der Waals surface area contributed by atoms with E-state index in [0.717, 1.165) is 6.07 Å². The van der Waals surface area contributed by atoms with Crippen LogP contribution in [0.3, 0.4) is 0 Å². The molecule has 2 bridgehead atoms. The van der Waals surface area contributed by atoms with Gasteiger partial charge in [0.25, 0.3) is 21.9 Å². The van der Waals surface area contributed by atoms with E-state index in [-0.39, 0.29) is 42.6 Å². The normalized spacial score (nSPS) is 14.2. The van der Waals surface area contributed by atoms with Crippen molar-refractivity contribution in [1.29, 1.82) is 0 Å². The summed E-state index contributed by atoms with van der Waals surface area (Å²) >= 11 is 0. The van der Waals surface area contributed by atoms with Crippen molar-refractivity contribution in [2.24, 2.45) is 11.5 Å². The number of amides is 2. The Morgan fingerprint density at radius 2 is 1.62 bits per heavy atom. The highest BCUT2D eigenvalue weighted by molar-refractivity contribution is 7.85. The largest absolute Gasteiger partial charge is 0.330 e. The lowest BCUT2D eigenvalue weighted by atomic mass is 9.88. The fourth-order valence-corrected chi connectivity index (χ4v) is 3.26. The fraction of sp³-hybridized carbons (Fsp3) is 0.333. The molecule has 0 unspecified atom stereocenters. The molecule has 6 N–H and O–H groups in total. The van der Waals surface area contributed by atoms with E-state index in [0.29, 0.717) is 5.56 Å². The van der Waals surface area contributed by atoms with E-state index in [2.05, 4.69) is 5.32 Å². The van der Waals surface area contributed by atoms with Crippen molar-refractivity contribution in [2.75, 3.05) is 13.1 Å². The van der Waals surface area contributed by atoms with Crippen LogP contribution >= 0.6 is 0 Å². The number of hydrogen-bond donors (Lipinski definition) is 4. The Morgan fingerprint density at radius 3 is 2.14 bits per heavy atom. The maximum absolute atomic E-state index is 12.0. The van der Waals surface area contributed by atoms with Gasteiger partial charge in [-0.15, -0.1) is 0 Å². The molecule has 0 saturated carbocycles. The van der Waals surface area contributed by atoms with Gasteiger partial charge in [0.05, 0.1) is 4.90 Å². The average Bonchev–Trinajstić information content (AvgIpc) is 2.36. The van der Waals surface area contributed by atoms with Crippen LogP contribution in [-0.2, 0) is 23.0 Å². The maximum atomic E-state index is 12.0. The highest BCUT2D eigenvalue weighted by atomic mass is 32.2. The van der Waals surface area contributed by atoms with Gasteiger partial charge in [-0.05, 0) is 43.1 Å². The van der Waals surface area contributed by atoms with Gasteiger partial charge < -0.3 is 11.5 Å². The Morgan fingerprint density at radius 1 is 1.05 bits per heavy atom. The van der Waals surface area contributed by atoms with Gasteiger partial charge in [-0.25, -0.2) is 0 Å². The number of rotatable bonds is 5. The van der Waals surface area contributed by atoms with Crippen LogP contribution < -0.4 is 16.8 Å². The van der Waals surface area contributed by atoms with Crippen molar-refractivity contribution in [2.45, 2.75) is 17.7 Å². The Labute approximate surface area is 121 Å². The van der Waals surface area contributed by atoms with E-state index < -0.39 is 26.8 Å². The van der Waals surface area contributed by atoms with Gasteiger partial charge in [-0.3, -0.25) is 19.5 Å². The molecule has 1 aliphatic rings. The quantitative estimate of drug-likeness (QED) is 0.394. The lowest BCUT2D eigenvalue weighted by Gasteiger charge is -2.23. The number of imide groups is 1. The van der Waals surface area contributed by atoms with Gasteiger partial charge in [0.15, 0.2) is 0 Å². The van der Waals surface area contributed by atoms with Crippen molar-refractivity contribution in [3.8, 4) is 0 Å². The van der Waals surface area contributed by atoms with E-state index >= 15 is 0 Å². The molecule has 2 amide bonds. The number of nitrogens with one attached hydrogen (secondary N) is 1. The number of benzene rings is 1. The van der Waals surface area contributed by atoms with E-state index in [1.54, 1.807) is 0 Å². The highest BCUT2D eigenvalue weighted by Crippen LogP contribution is 2.30. The maximum Gasteiger partial charge on any atom is 0.294 e. The molecule has 0 saturated heterocycles. The predicted octanol–water partition coefficient (Wildman–Crippen LogP) is -1.18. The molecule has 1 aromatic carbocycles. The number of nitrogens with two attached hydrogens (primary N) is 2. The summed E-state index contributed by atoms with van der Waals surface area (Å²) in [7, 11) is -4.57. The first-order valence-corrected chi connectivity index (χ1v) is 7.67. The third-order valence-corrected chi connectivity index (χ3v) is 4.19. The third kappa shape index (κ3) is 2.68. The van der Waals surface area contributed by atoms with Crippen LogP contribution in [0, 0.1) is 0 Å². The summed E-state index contributed by atoms with van der Waals surface area (Å²) in [6, 6.07) is 1.07. The van der Waals surface area contributed by atoms with Crippen LogP contribution in [0.1, 0.15) is 31.8 Å². The minimum Gasteiger partial charge on any atom is -0.330 e. The molecule has 114 valence electrons. The van der Waals surface area contributed by atoms with Gasteiger partial charge >= 0.3 is 0 Å². The molecule has 0 aromatic heterocycles. The molecule has 1 aromatic rings. The Bertz CT molecular complexity index is 727. The SMILES string of the molecule is NCCc1c2cc(S(=O)(=O)O)c(CCN)c1C(=O)NC2=O. The molecular formula is C12H15N3O5S. The van der Waals surface area contributed by atoms with Crippen molar-refractivity contribution in [1.82, 2.24) is 5.32 Å². The van der Waals surface area contributed by atoms with Crippen molar-refractivity contribution >= 4 is 21.9 Å². The van der Waals surface area contributed by atoms with Crippen molar-refractivity contribution in [3.05, 3.63) is 28.3 Å². The topological polar surface area (TPSA) is 153 Å². The zero-order valence-corrected chi connectivity index (χ0v) is 11.9. The molecule has 0 radical (unpaired) electrons. The Kier molecular flexibility index (Phi) is 4.10. The summed E-state index contributed by atoms with van der Waals surface area (Å²) in [5.41, 5.74) is 11.5. The average molecular weight is 313 g/mol. The number of carbonyl (C=O) groups is 2. The molecule has 0 aliphatic carbocycles. The van der Waals surface area contributed by atoms with Crippen LogP contribution in [0.5, 0.6) is 0 Å². The first-order chi connectivity index (χ1) is 9.81.